The highest BCUT2D eigenvalue weighted by Crippen LogP contribution is 2.40. The number of esters is 1. The van der Waals surface area contributed by atoms with Crippen LogP contribution in [0, 0.1) is 12.8 Å². The van der Waals surface area contributed by atoms with Gasteiger partial charge in [0.25, 0.3) is 0 Å². The summed E-state index contributed by atoms with van der Waals surface area (Å²) in [7, 11) is 1.43. The number of rotatable bonds is 4. The Balaban J connectivity index is 1.87. The van der Waals surface area contributed by atoms with Crippen LogP contribution < -0.4 is 10.6 Å². The molecule has 1 aromatic heterocycles. The zero-order chi connectivity index (χ0) is 19.6. The number of ether oxygens (including phenoxy) is 1. The average molecular weight is 403 g/mol. The lowest BCUT2D eigenvalue weighted by Crippen LogP contribution is -2.21. The van der Waals surface area contributed by atoms with Crippen LogP contribution in [0.3, 0.4) is 0 Å². The summed E-state index contributed by atoms with van der Waals surface area (Å²) in [6.45, 7) is 6.44. The maximum Gasteiger partial charge on any atom is 0.341 e. The lowest BCUT2D eigenvalue weighted by atomic mass is 9.88. The number of anilines is 2. The van der Waals surface area contributed by atoms with E-state index in [9.17, 15) is 4.79 Å². The number of nitrogens with one attached hydrogen (secondary N) is 2. The maximum absolute atomic E-state index is 12.4. The van der Waals surface area contributed by atoms with Gasteiger partial charge in [0.1, 0.15) is 5.00 Å². The quantitative estimate of drug-likeness (QED) is 0.534. The van der Waals surface area contributed by atoms with E-state index in [1.54, 1.807) is 11.3 Å². The predicted octanol–water partition coefficient (Wildman–Crippen LogP) is 5.34. The normalized spacial score (nSPS) is 15.8. The highest BCUT2D eigenvalue weighted by Gasteiger charge is 2.28. The third kappa shape index (κ3) is 4.17. The Labute approximate surface area is 170 Å². The molecule has 6 heteroatoms. The van der Waals surface area contributed by atoms with Gasteiger partial charge in [0.2, 0.25) is 0 Å². The van der Waals surface area contributed by atoms with Crippen LogP contribution in [0.4, 0.5) is 10.7 Å². The number of methoxy groups -OCH3 is 1. The van der Waals surface area contributed by atoms with Crippen LogP contribution in [0.25, 0.3) is 0 Å². The summed E-state index contributed by atoms with van der Waals surface area (Å²) >= 11 is 7.19. The average Bonchev–Trinajstić information content (AvgIpc) is 2.99. The van der Waals surface area contributed by atoms with Crippen molar-refractivity contribution in [3.05, 3.63) is 45.3 Å². The third-order valence-electron chi connectivity index (χ3n) is 5.11. The van der Waals surface area contributed by atoms with Gasteiger partial charge in [0.05, 0.1) is 12.7 Å². The van der Waals surface area contributed by atoms with Crippen molar-refractivity contribution in [2.45, 2.75) is 46.5 Å². The Morgan fingerprint density at radius 1 is 1.37 bits per heavy atom. The molecule has 0 spiro atoms. The molecule has 2 aromatic rings. The van der Waals surface area contributed by atoms with E-state index >= 15 is 0 Å². The van der Waals surface area contributed by atoms with Crippen molar-refractivity contribution in [2.24, 2.45) is 5.92 Å². The number of para-hydroxylation sites is 1. The van der Waals surface area contributed by atoms with E-state index in [4.69, 9.17) is 17.0 Å². The van der Waals surface area contributed by atoms with E-state index in [1.165, 1.54) is 17.6 Å². The molecule has 1 aliphatic carbocycles. The standard InChI is InChI=1S/C21H26N2O2S2/c1-5-14-8-6-7-13(3)18(14)22-21(26)23-19-17(20(24)25-4)15-10-9-12(2)11-16(15)27-19/h6-8,12H,5,9-11H2,1-4H3,(H2,22,23,26). The lowest BCUT2D eigenvalue weighted by Gasteiger charge is -2.18. The molecule has 144 valence electrons. The summed E-state index contributed by atoms with van der Waals surface area (Å²) in [5.41, 5.74) is 5.17. The fourth-order valence-corrected chi connectivity index (χ4v) is 5.28. The molecule has 0 bridgehead atoms. The van der Waals surface area contributed by atoms with Crippen molar-refractivity contribution in [1.82, 2.24) is 0 Å². The summed E-state index contributed by atoms with van der Waals surface area (Å²) in [6, 6.07) is 6.22. The fourth-order valence-electron chi connectivity index (χ4n) is 3.61. The molecule has 0 aliphatic heterocycles. The van der Waals surface area contributed by atoms with Crippen LogP contribution in [0.5, 0.6) is 0 Å². The highest BCUT2D eigenvalue weighted by molar-refractivity contribution is 7.80. The van der Waals surface area contributed by atoms with Crippen LogP contribution >= 0.6 is 23.6 Å². The van der Waals surface area contributed by atoms with Crippen molar-refractivity contribution in [3.8, 4) is 0 Å². The first-order valence-electron chi connectivity index (χ1n) is 9.33. The number of thiophene rings is 1. The molecular formula is C21H26N2O2S2. The number of thiocarbonyl (C=S) groups is 1. The highest BCUT2D eigenvalue weighted by atomic mass is 32.1. The molecule has 1 aromatic carbocycles. The molecule has 0 amide bonds. The lowest BCUT2D eigenvalue weighted by molar-refractivity contribution is 0.0601. The van der Waals surface area contributed by atoms with Gasteiger partial charge < -0.3 is 15.4 Å². The van der Waals surface area contributed by atoms with Gasteiger partial charge in [-0.2, -0.15) is 0 Å². The first-order valence-corrected chi connectivity index (χ1v) is 10.6. The van der Waals surface area contributed by atoms with Crippen LogP contribution in [0.15, 0.2) is 18.2 Å². The van der Waals surface area contributed by atoms with Gasteiger partial charge in [-0.15, -0.1) is 11.3 Å². The Bertz CT molecular complexity index is 873. The maximum atomic E-state index is 12.4. The zero-order valence-electron chi connectivity index (χ0n) is 16.3. The number of carbonyl (C=O) groups excluding carboxylic acids is 1. The van der Waals surface area contributed by atoms with Gasteiger partial charge in [0.15, 0.2) is 5.11 Å². The Hall–Kier alpha value is -1.92. The predicted molar refractivity (Wildman–Crippen MR) is 117 cm³/mol. The van der Waals surface area contributed by atoms with E-state index in [1.807, 2.05) is 0 Å². The molecule has 0 fully saturated rings. The van der Waals surface area contributed by atoms with Crippen LogP contribution in [-0.4, -0.2) is 18.2 Å². The number of benzene rings is 1. The van der Waals surface area contributed by atoms with Gasteiger partial charge in [-0.1, -0.05) is 32.0 Å². The van der Waals surface area contributed by atoms with Gasteiger partial charge in [-0.3, -0.25) is 0 Å². The first kappa shape index (κ1) is 19.8. The number of fused-ring (bicyclic) bond motifs is 1. The van der Waals surface area contributed by atoms with E-state index in [2.05, 4.69) is 49.6 Å². The van der Waals surface area contributed by atoms with Gasteiger partial charge >= 0.3 is 5.97 Å². The van der Waals surface area contributed by atoms with Crippen molar-refractivity contribution >= 4 is 45.3 Å². The fraction of sp³-hybridized carbons (Fsp3) is 0.429. The van der Waals surface area contributed by atoms with E-state index in [0.717, 1.165) is 47.5 Å². The van der Waals surface area contributed by atoms with E-state index in [-0.39, 0.29) is 5.97 Å². The first-order chi connectivity index (χ1) is 12.9. The molecule has 4 nitrogen and oxygen atoms in total. The second kappa shape index (κ2) is 8.40. The summed E-state index contributed by atoms with van der Waals surface area (Å²) in [5, 5.41) is 7.87. The summed E-state index contributed by atoms with van der Waals surface area (Å²) in [6.07, 6.45) is 3.94. The topological polar surface area (TPSA) is 50.4 Å². The van der Waals surface area contributed by atoms with Gasteiger partial charge in [0, 0.05) is 10.6 Å². The van der Waals surface area contributed by atoms with E-state index in [0.29, 0.717) is 16.6 Å². The molecule has 0 radical (unpaired) electrons. The Morgan fingerprint density at radius 3 is 2.85 bits per heavy atom. The Morgan fingerprint density at radius 2 is 2.15 bits per heavy atom. The number of hydrogen-bond donors (Lipinski definition) is 2. The monoisotopic (exact) mass is 402 g/mol. The molecule has 1 unspecified atom stereocenters. The summed E-state index contributed by atoms with van der Waals surface area (Å²) in [5.74, 6) is 0.344. The summed E-state index contributed by atoms with van der Waals surface area (Å²) < 4.78 is 5.05. The summed E-state index contributed by atoms with van der Waals surface area (Å²) in [4.78, 5) is 13.7. The zero-order valence-corrected chi connectivity index (χ0v) is 17.9. The van der Waals surface area contributed by atoms with E-state index < -0.39 is 0 Å². The molecule has 1 aliphatic rings. The largest absolute Gasteiger partial charge is 0.465 e. The van der Waals surface area contributed by atoms with Crippen molar-refractivity contribution in [1.29, 1.82) is 0 Å². The molecular weight excluding hydrogens is 376 g/mol. The van der Waals surface area contributed by atoms with Crippen LogP contribution in [0.1, 0.15) is 52.2 Å². The SMILES string of the molecule is CCc1cccc(C)c1NC(=S)Nc1sc2c(c1C(=O)OC)CCC(C)C2. The molecule has 0 saturated heterocycles. The second-order valence-corrected chi connectivity index (χ2v) is 8.60. The van der Waals surface area contributed by atoms with Gasteiger partial charge in [-0.05, 0) is 67.4 Å². The second-order valence-electron chi connectivity index (χ2n) is 7.09. The molecule has 2 N–H and O–H groups in total. The van der Waals surface area contributed by atoms with Crippen LogP contribution in [0.2, 0.25) is 0 Å². The molecule has 0 saturated carbocycles. The van der Waals surface area contributed by atoms with Crippen molar-refractivity contribution < 1.29 is 9.53 Å². The third-order valence-corrected chi connectivity index (χ3v) is 6.48. The Kier molecular flexibility index (Phi) is 6.17. The number of carbonyl (C=O) groups is 1. The minimum absolute atomic E-state index is 0.294. The number of aryl methyl sites for hydroxylation is 2. The molecule has 3 rings (SSSR count). The molecule has 27 heavy (non-hydrogen) atoms. The number of hydrogen-bond acceptors (Lipinski definition) is 4. The van der Waals surface area contributed by atoms with Crippen LogP contribution in [-0.2, 0) is 24.0 Å². The smallest absolute Gasteiger partial charge is 0.341 e. The minimum atomic E-state index is -0.294. The minimum Gasteiger partial charge on any atom is -0.465 e. The van der Waals surface area contributed by atoms with Crippen molar-refractivity contribution in [3.63, 3.8) is 0 Å². The van der Waals surface area contributed by atoms with Crippen molar-refractivity contribution in [2.75, 3.05) is 17.7 Å². The molecule has 1 atom stereocenters. The van der Waals surface area contributed by atoms with Gasteiger partial charge in [-0.25, -0.2) is 4.79 Å². The molecule has 1 heterocycles.